The summed E-state index contributed by atoms with van der Waals surface area (Å²) >= 11 is 12.0. The summed E-state index contributed by atoms with van der Waals surface area (Å²) in [5, 5.41) is 0.485. The summed E-state index contributed by atoms with van der Waals surface area (Å²) < 4.78 is 39.2. The number of rotatable bonds is 4. The quantitative estimate of drug-likeness (QED) is 0.879. The van der Waals surface area contributed by atoms with E-state index >= 15 is 0 Å². The van der Waals surface area contributed by atoms with Crippen molar-refractivity contribution in [2.75, 3.05) is 11.0 Å². The topological polar surface area (TPSA) is 63.2 Å². The van der Waals surface area contributed by atoms with Crippen molar-refractivity contribution in [2.24, 2.45) is 0 Å². The van der Waals surface area contributed by atoms with Crippen LogP contribution in [0.4, 0.5) is 5.69 Å². The molecule has 0 saturated carbocycles. The molecule has 1 atom stereocenters. The minimum Gasteiger partial charge on any atom is -0.278 e. The lowest BCUT2D eigenvalue weighted by Gasteiger charge is -2.13. The molecule has 2 aromatic carbocycles. The van der Waals surface area contributed by atoms with Gasteiger partial charge in [0.25, 0.3) is 10.0 Å². The normalized spacial score (nSPS) is 12.9. The molecule has 1 N–H and O–H groups in total. The molecule has 0 fully saturated rings. The number of hydrogen-bond donors (Lipinski definition) is 1. The summed E-state index contributed by atoms with van der Waals surface area (Å²) in [6.07, 6.45) is 1.46. The molecular weight excluding hydrogens is 365 g/mol. The first-order valence-corrected chi connectivity index (χ1v) is 9.93. The van der Waals surface area contributed by atoms with Crippen LogP contribution in [0.2, 0.25) is 10.0 Å². The fraction of sp³-hybridized carbons (Fsp3) is 0.143. The number of benzene rings is 2. The van der Waals surface area contributed by atoms with E-state index in [0.29, 0.717) is 15.5 Å². The molecule has 8 heteroatoms. The zero-order chi connectivity index (χ0) is 16.5. The van der Waals surface area contributed by atoms with Gasteiger partial charge in [0.2, 0.25) is 0 Å². The second-order valence-electron chi connectivity index (χ2n) is 4.59. The smallest absolute Gasteiger partial charge is 0.263 e. The van der Waals surface area contributed by atoms with Crippen molar-refractivity contribution in [2.45, 2.75) is 16.7 Å². The van der Waals surface area contributed by atoms with Crippen molar-refractivity contribution in [1.29, 1.82) is 0 Å². The molecule has 0 bridgehead atoms. The van der Waals surface area contributed by atoms with Crippen molar-refractivity contribution < 1.29 is 12.6 Å². The lowest BCUT2D eigenvalue weighted by molar-refractivity contribution is 0.601. The van der Waals surface area contributed by atoms with Crippen LogP contribution in [0.3, 0.4) is 0 Å². The maximum atomic E-state index is 12.5. The Morgan fingerprint density at radius 2 is 1.82 bits per heavy atom. The summed E-state index contributed by atoms with van der Waals surface area (Å²) in [5.74, 6) is 0. The van der Waals surface area contributed by atoms with Gasteiger partial charge in [-0.05, 0) is 36.8 Å². The molecule has 2 aromatic rings. The Morgan fingerprint density at radius 1 is 1.14 bits per heavy atom. The SMILES string of the molecule is Cc1cccc(S(=O)(=O)Nc2cc(Cl)ccc2S(C)=O)c1Cl. The van der Waals surface area contributed by atoms with Gasteiger partial charge in [0, 0.05) is 11.3 Å². The third-order valence-corrected chi connectivity index (χ3v) is 6.17. The molecule has 0 saturated heterocycles. The van der Waals surface area contributed by atoms with E-state index in [2.05, 4.69) is 4.72 Å². The molecule has 118 valence electrons. The summed E-state index contributed by atoms with van der Waals surface area (Å²) in [4.78, 5) is 0.304. The van der Waals surface area contributed by atoms with Gasteiger partial charge in [-0.25, -0.2) is 8.42 Å². The zero-order valence-electron chi connectivity index (χ0n) is 11.8. The molecule has 2 rings (SSSR count). The molecule has 0 heterocycles. The highest BCUT2D eigenvalue weighted by molar-refractivity contribution is 7.93. The number of nitrogens with one attached hydrogen (secondary N) is 1. The van der Waals surface area contributed by atoms with Gasteiger partial charge >= 0.3 is 0 Å². The van der Waals surface area contributed by atoms with Crippen molar-refractivity contribution in [3.63, 3.8) is 0 Å². The van der Waals surface area contributed by atoms with Gasteiger partial charge in [-0.15, -0.1) is 0 Å². The third-order valence-electron chi connectivity index (χ3n) is 2.94. The molecule has 1 unspecified atom stereocenters. The van der Waals surface area contributed by atoms with Crippen molar-refractivity contribution in [3.05, 3.63) is 52.0 Å². The van der Waals surface area contributed by atoms with Gasteiger partial charge < -0.3 is 0 Å². The average molecular weight is 378 g/mol. The highest BCUT2D eigenvalue weighted by atomic mass is 35.5. The van der Waals surface area contributed by atoms with Gasteiger partial charge in [0.1, 0.15) is 4.90 Å². The van der Waals surface area contributed by atoms with E-state index in [-0.39, 0.29) is 15.6 Å². The molecule has 0 aliphatic carbocycles. The number of sulfonamides is 1. The molecule has 0 aromatic heterocycles. The van der Waals surface area contributed by atoms with Crippen LogP contribution in [0, 0.1) is 6.92 Å². The van der Waals surface area contributed by atoms with Gasteiger partial charge in [0.15, 0.2) is 0 Å². The third kappa shape index (κ3) is 3.63. The first kappa shape index (κ1) is 17.3. The minimum atomic E-state index is -3.91. The summed E-state index contributed by atoms with van der Waals surface area (Å²) in [7, 11) is -5.28. The van der Waals surface area contributed by atoms with Crippen LogP contribution in [0.5, 0.6) is 0 Å². The predicted octanol–water partition coefficient (Wildman–Crippen LogP) is 3.84. The lowest BCUT2D eigenvalue weighted by atomic mass is 10.2. The Morgan fingerprint density at radius 3 is 2.45 bits per heavy atom. The Kier molecular flexibility index (Phi) is 5.17. The summed E-state index contributed by atoms with van der Waals surface area (Å²) in [6.45, 7) is 1.72. The van der Waals surface area contributed by atoms with Gasteiger partial charge in [-0.1, -0.05) is 35.3 Å². The molecule has 22 heavy (non-hydrogen) atoms. The minimum absolute atomic E-state index is 0.0398. The van der Waals surface area contributed by atoms with Crippen LogP contribution in [0.1, 0.15) is 5.56 Å². The van der Waals surface area contributed by atoms with Crippen LogP contribution in [-0.4, -0.2) is 18.9 Å². The van der Waals surface area contributed by atoms with Gasteiger partial charge in [-0.3, -0.25) is 8.93 Å². The fourth-order valence-corrected chi connectivity index (χ4v) is 4.43. The highest BCUT2D eigenvalue weighted by Gasteiger charge is 2.21. The van der Waals surface area contributed by atoms with Gasteiger partial charge in [0.05, 0.1) is 26.4 Å². The molecule has 4 nitrogen and oxygen atoms in total. The number of anilines is 1. The molecule has 0 aliphatic rings. The zero-order valence-corrected chi connectivity index (χ0v) is 14.9. The summed E-state index contributed by atoms with van der Waals surface area (Å²) in [5.41, 5.74) is 0.820. The molecule has 0 aliphatic heterocycles. The van der Waals surface area contributed by atoms with E-state index in [1.807, 2.05) is 0 Å². The van der Waals surface area contributed by atoms with E-state index in [1.165, 1.54) is 24.5 Å². The van der Waals surface area contributed by atoms with Crippen LogP contribution in [-0.2, 0) is 20.8 Å². The largest absolute Gasteiger partial charge is 0.278 e. The van der Waals surface area contributed by atoms with Gasteiger partial charge in [-0.2, -0.15) is 0 Å². The summed E-state index contributed by atoms with van der Waals surface area (Å²) in [6, 6.07) is 9.22. The Bertz CT molecular complexity index is 851. The van der Waals surface area contributed by atoms with Crippen LogP contribution < -0.4 is 4.72 Å². The second kappa shape index (κ2) is 6.58. The van der Waals surface area contributed by atoms with Crippen LogP contribution in [0.25, 0.3) is 0 Å². The first-order valence-electron chi connectivity index (χ1n) is 6.13. The molecule has 0 spiro atoms. The number of hydrogen-bond acceptors (Lipinski definition) is 3. The van der Waals surface area contributed by atoms with Crippen LogP contribution >= 0.6 is 23.2 Å². The van der Waals surface area contributed by atoms with Crippen molar-refractivity contribution >= 4 is 49.7 Å². The first-order chi connectivity index (χ1) is 10.2. The lowest BCUT2D eigenvalue weighted by Crippen LogP contribution is -2.15. The highest BCUT2D eigenvalue weighted by Crippen LogP contribution is 2.29. The Hall–Kier alpha value is -1.08. The molecular formula is C14H13Cl2NO3S2. The van der Waals surface area contributed by atoms with E-state index in [9.17, 15) is 12.6 Å². The maximum Gasteiger partial charge on any atom is 0.263 e. The predicted molar refractivity (Wildman–Crippen MR) is 90.8 cm³/mol. The second-order valence-corrected chi connectivity index (χ2v) is 8.40. The Balaban J connectivity index is 2.52. The maximum absolute atomic E-state index is 12.5. The molecule has 0 radical (unpaired) electrons. The van der Waals surface area contributed by atoms with E-state index < -0.39 is 20.8 Å². The average Bonchev–Trinajstić information content (AvgIpc) is 2.40. The van der Waals surface area contributed by atoms with Crippen LogP contribution in [0.15, 0.2) is 46.2 Å². The van der Waals surface area contributed by atoms with E-state index in [1.54, 1.807) is 25.1 Å². The molecule has 0 amide bonds. The fourth-order valence-electron chi connectivity index (χ4n) is 1.86. The number of halogens is 2. The van der Waals surface area contributed by atoms with Crippen molar-refractivity contribution in [3.8, 4) is 0 Å². The monoisotopic (exact) mass is 377 g/mol. The van der Waals surface area contributed by atoms with Crippen molar-refractivity contribution in [1.82, 2.24) is 0 Å². The van der Waals surface area contributed by atoms with E-state index in [0.717, 1.165) is 0 Å². The standard InChI is InChI=1S/C14H13Cl2NO3S2/c1-9-4-3-5-13(14(9)16)22(19,20)17-11-8-10(15)6-7-12(11)21(2)18/h3-8,17H,1-2H3. The van der Waals surface area contributed by atoms with E-state index in [4.69, 9.17) is 23.2 Å². The number of aryl methyl sites for hydroxylation is 1. The Labute approximate surface area is 142 Å².